The van der Waals surface area contributed by atoms with E-state index in [2.05, 4.69) is 15.5 Å². The number of halogens is 1. The monoisotopic (exact) mass is 406 g/mol. The highest BCUT2D eigenvalue weighted by molar-refractivity contribution is 8.00. The number of rotatable bonds is 5. The van der Waals surface area contributed by atoms with Crippen molar-refractivity contribution in [3.05, 3.63) is 45.3 Å². The second-order valence-corrected chi connectivity index (χ2v) is 8.15. The average molecular weight is 407 g/mol. The number of thioether (sulfide) groups is 1. The number of hydrogen-bond acceptors (Lipinski definition) is 6. The zero-order chi connectivity index (χ0) is 19.7. The second-order valence-electron chi connectivity index (χ2n) is 6.41. The predicted octanol–water partition coefficient (Wildman–Crippen LogP) is 4.05. The lowest BCUT2D eigenvalue weighted by atomic mass is 10.2. The fraction of sp³-hybridized carbons (Fsp3) is 0.333. The molecule has 27 heavy (non-hydrogen) atoms. The number of carbonyl (C=O) groups excluding carboxylic acids is 1. The minimum absolute atomic E-state index is 0.111. The molecule has 1 N–H and O–H groups in total. The highest BCUT2D eigenvalue weighted by atomic mass is 35.5. The second kappa shape index (κ2) is 7.74. The predicted molar refractivity (Wildman–Crippen MR) is 107 cm³/mol. The van der Waals surface area contributed by atoms with Crippen molar-refractivity contribution >= 4 is 46.1 Å². The van der Waals surface area contributed by atoms with Gasteiger partial charge in [0.25, 0.3) is 5.56 Å². The highest BCUT2D eigenvalue weighted by Crippen LogP contribution is 2.26. The SMILES string of the molecule is Cc1cc(NC(=O)[C@H](C)Sc2nc3cc(Cl)ccc3c(=O)n2C(C)C)on1. The van der Waals surface area contributed by atoms with Gasteiger partial charge in [-0.15, -0.1) is 0 Å². The summed E-state index contributed by atoms with van der Waals surface area (Å²) in [5.41, 5.74) is 1.02. The average Bonchev–Trinajstić information content (AvgIpc) is 2.99. The fourth-order valence-electron chi connectivity index (χ4n) is 2.55. The molecule has 1 amide bonds. The van der Waals surface area contributed by atoms with Gasteiger partial charge in [0, 0.05) is 17.1 Å². The number of nitrogens with one attached hydrogen (secondary N) is 1. The summed E-state index contributed by atoms with van der Waals surface area (Å²) in [6, 6.07) is 6.51. The van der Waals surface area contributed by atoms with Crippen molar-refractivity contribution in [2.24, 2.45) is 0 Å². The maximum absolute atomic E-state index is 12.9. The molecule has 0 fully saturated rings. The number of nitrogens with zero attached hydrogens (tertiary/aromatic N) is 3. The van der Waals surface area contributed by atoms with Gasteiger partial charge in [-0.05, 0) is 45.9 Å². The van der Waals surface area contributed by atoms with Crippen molar-refractivity contribution in [1.29, 1.82) is 0 Å². The molecule has 3 rings (SSSR count). The Morgan fingerprint density at radius 1 is 1.30 bits per heavy atom. The molecule has 0 aliphatic heterocycles. The van der Waals surface area contributed by atoms with Crippen molar-refractivity contribution in [2.45, 2.75) is 44.1 Å². The van der Waals surface area contributed by atoms with Crippen LogP contribution in [0.5, 0.6) is 0 Å². The molecule has 0 radical (unpaired) electrons. The fourth-order valence-corrected chi connectivity index (χ4v) is 3.75. The molecule has 0 unspecified atom stereocenters. The van der Waals surface area contributed by atoms with Gasteiger partial charge in [0.15, 0.2) is 5.16 Å². The topological polar surface area (TPSA) is 90.0 Å². The number of hydrogen-bond donors (Lipinski definition) is 1. The molecule has 2 heterocycles. The van der Waals surface area contributed by atoms with Crippen LogP contribution in [-0.2, 0) is 4.79 Å². The van der Waals surface area contributed by atoms with E-state index < -0.39 is 5.25 Å². The Morgan fingerprint density at radius 2 is 2.04 bits per heavy atom. The van der Waals surface area contributed by atoms with E-state index in [1.54, 1.807) is 42.7 Å². The molecule has 0 aliphatic rings. The maximum Gasteiger partial charge on any atom is 0.262 e. The summed E-state index contributed by atoms with van der Waals surface area (Å²) in [5.74, 6) is 0.0105. The molecule has 142 valence electrons. The van der Waals surface area contributed by atoms with E-state index >= 15 is 0 Å². The van der Waals surface area contributed by atoms with Gasteiger partial charge in [0.1, 0.15) is 0 Å². The Hall–Kier alpha value is -2.32. The zero-order valence-electron chi connectivity index (χ0n) is 15.3. The van der Waals surface area contributed by atoms with Gasteiger partial charge >= 0.3 is 0 Å². The van der Waals surface area contributed by atoms with Crippen LogP contribution in [0.4, 0.5) is 5.88 Å². The van der Waals surface area contributed by atoms with Gasteiger partial charge in [0.2, 0.25) is 11.8 Å². The summed E-state index contributed by atoms with van der Waals surface area (Å²) in [5, 5.41) is 7.35. The zero-order valence-corrected chi connectivity index (χ0v) is 16.9. The van der Waals surface area contributed by atoms with Gasteiger partial charge < -0.3 is 4.52 Å². The molecule has 0 saturated carbocycles. The third kappa shape index (κ3) is 4.17. The Balaban J connectivity index is 1.93. The molecule has 9 heteroatoms. The van der Waals surface area contributed by atoms with Crippen LogP contribution in [0.3, 0.4) is 0 Å². The summed E-state index contributed by atoms with van der Waals surface area (Å²) >= 11 is 7.24. The van der Waals surface area contributed by atoms with E-state index in [9.17, 15) is 9.59 Å². The van der Waals surface area contributed by atoms with E-state index in [0.717, 1.165) is 0 Å². The van der Waals surface area contributed by atoms with Crippen molar-refractivity contribution in [3.8, 4) is 0 Å². The van der Waals surface area contributed by atoms with E-state index in [0.29, 0.717) is 26.8 Å². The lowest BCUT2D eigenvalue weighted by Gasteiger charge is -2.18. The molecule has 3 aromatic rings. The van der Waals surface area contributed by atoms with Crippen LogP contribution in [0.15, 0.2) is 38.7 Å². The van der Waals surface area contributed by atoms with Crippen molar-refractivity contribution in [2.75, 3.05) is 5.32 Å². The first-order chi connectivity index (χ1) is 12.8. The van der Waals surface area contributed by atoms with E-state index in [1.807, 2.05) is 13.8 Å². The Kier molecular flexibility index (Phi) is 5.57. The molecule has 2 aromatic heterocycles. The van der Waals surface area contributed by atoms with Crippen LogP contribution in [0, 0.1) is 6.92 Å². The molecule has 1 aromatic carbocycles. The minimum atomic E-state index is -0.510. The van der Waals surface area contributed by atoms with Crippen LogP contribution in [0.1, 0.15) is 32.5 Å². The quantitative estimate of drug-likeness (QED) is 0.507. The lowest BCUT2D eigenvalue weighted by molar-refractivity contribution is -0.115. The normalized spacial score (nSPS) is 12.5. The van der Waals surface area contributed by atoms with Crippen molar-refractivity contribution in [1.82, 2.24) is 14.7 Å². The first kappa shape index (κ1) is 19.4. The number of aromatic nitrogens is 3. The van der Waals surface area contributed by atoms with Gasteiger partial charge in [-0.2, -0.15) is 0 Å². The molecule has 0 aliphatic carbocycles. The number of benzene rings is 1. The van der Waals surface area contributed by atoms with Gasteiger partial charge in [-0.1, -0.05) is 28.5 Å². The third-order valence-corrected chi connectivity index (χ3v) is 5.17. The summed E-state index contributed by atoms with van der Waals surface area (Å²) < 4.78 is 6.60. The molecule has 0 bridgehead atoms. The lowest BCUT2D eigenvalue weighted by Crippen LogP contribution is -2.28. The molecular weight excluding hydrogens is 388 g/mol. The molecule has 0 saturated heterocycles. The van der Waals surface area contributed by atoms with Gasteiger partial charge in [-0.25, -0.2) is 4.98 Å². The number of fused-ring (bicyclic) bond motifs is 1. The van der Waals surface area contributed by atoms with E-state index in [-0.39, 0.29) is 23.4 Å². The Labute approximate surface area is 165 Å². The largest absolute Gasteiger partial charge is 0.338 e. The van der Waals surface area contributed by atoms with Gasteiger partial charge in [-0.3, -0.25) is 19.5 Å². The van der Waals surface area contributed by atoms with E-state index in [4.69, 9.17) is 16.1 Å². The Bertz CT molecular complexity index is 1060. The Morgan fingerprint density at radius 3 is 2.67 bits per heavy atom. The number of anilines is 1. The molecular formula is C18H19ClN4O3S. The van der Waals surface area contributed by atoms with Gasteiger partial charge in [0.05, 0.1) is 21.8 Å². The minimum Gasteiger partial charge on any atom is -0.338 e. The van der Waals surface area contributed by atoms with Crippen LogP contribution in [0.2, 0.25) is 5.02 Å². The first-order valence-electron chi connectivity index (χ1n) is 8.39. The summed E-state index contributed by atoms with van der Waals surface area (Å²) in [6.45, 7) is 7.30. The summed E-state index contributed by atoms with van der Waals surface area (Å²) in [7, 11) is 0. The molecule has 0 spiro atoms. The van der Waals surface area contributed by atoms with E-state index in [1.165, 1.54) is 11.8 Å². The third-order valence-electron chi connectivity index (χ3n) is 3.87. The standard InChI is InChI=1S/C18H19ClN4O3S/c1-9(2)23-17(25)13-6-5-12(19)8-14(13)20-18(23)27-11(4)16(24)21-15-7-10(3)22-26-15/h5-9,11H,1-4H3,(H,21,24)/t11-/m0/s1. The summed E-state index contributed by atoms with van der Waals surface area (Å²) in [4.78, 5) is 29.9. The number of aryl methyl sites for hydroxylation is 1. The van der Waals surface area contributed by atoms with Crippen LogP contribution in [-0.4, -0.2) is 25.9 Å². The number of carbonyl (C=O) groups is 1. The van der Waals surface area contributed by atoms with Crippen molar-refractivity contribution < 1.29 is 9.32 Å². The first-order valence-corrected chi connectivity index (χ1v) is 9.64. The van der Waals surface area contributed by atoms with Crippen molar-refractivity contribution in [3.63, 3.8) is 0 Å². The van der Waals surface area contributed by atoms with Crippen LogP contribution in [0.25, 0.3) is 10.9 Å². The smallest absolute Gasteiger partial charge is 0.262 e. The highest BCUT2D eigenvalue weighted by Gasteiger charge is 2.21. The molecule has 7 nitrogen and oxygen atoms in total. The van der Waals surface area contributed by atoms with Crippen LogP contribution < -0.4 is 10.9 Å². The van der Waals surface area contributed by atoms with Crippen LogP contribution >= 0.6 is 23.4 Å². The molecule has 1 atom stereocenters. The maximum atomic E-state index is 12.9. The number of amides is 1. The summed E-state index contributed by atoms with van der Waals surface area (Å²) in [6.07, 6.45) is 0.